The van der Waals surface area contributed by atoms with E-state index in [1.807, 2.05) is 24.0 Å². The fourth-order valence-corrected chi connectivity index (χ4v) is 3.45. The molecular formula is C18H29N5O2. The van der Waals surface area contributed by atoms with Crippen molar-refractivity contribution in [2.75, 3.05) is 44.2 Å². The number of carbonyl (C=O) groups excluding carboxylic acids is 1. The van der Waals surface area contributed by atoms with E-state index in [-0.39, 0.29) is 12.0 Å². The van der Waals surface area contributed by atoms with Crippen LogP contribution in [0.5, 0.6) is 0 Å². The van der Waals surface area contributed by atoms with Gasteiger partial charge in [-0.1, -0.05) is 6.92 Å². The Morgan fingerprint density at radius 2 is 2.20 bits per heavy atom. The number of piperidine rings is 1. The molecule has 0 aliphatic carbocycles. The molecule has 7 heteroatoms. The Hall–Kier alpha value is -1.73. The second-order valence-electron chi connectivity index (χ2n) is 6.94. The van der Waals surface area contributed by atoms with E-state index >= 15 is 0 Å². The van der Waals surface area contributed by atoms with Crippen LogP contribution in [-0.4, -0.2) is 72.5 Å². The van der Waals surface area contributed by atoms with Crippen molar-refractivity contribution in [3.05, 3.63) is 17.8 Å². The maximum absolute atomic E-state index is 12.5. The first-order chi connectivity index (χ1) is 12.2. The zero-order valence-corrected chi connectivity index (χ0v) is 15.3. The molecule has 2 saturated heterocycles. The molecule has 1 aromatic rings. The summed E-state index contributed by atoms with van der Waals surface area (Å²) in [5.41, 5.74) is 0.928. The number of amides is 1. The van der Waals surface area contributed by atoms with Crippen molar-refractivity contribution in [1.82, 2.24) is 20.4 Å². The molecule has 0 aromatic carbocycles. The minimum Gasteiger partial charge on any atom is -0.375 e. The average Bonchev–Trinajstić information content (AvgIpc) is 2.67. The normalized spacial score (nSPS) is 24.4. The van der Waals surface area contributed by atoms with Crippen molar-refractivity contribution in [3.63, 3.8) is 0 Å². The monoisotopic (exact) mass is 347 g/mol. The predicted octanol–water partition coefficient (Wildman–Crippen LogP) is 0.981. The standard InChI is InChI=1S/C18H29N5O2/c1-3-16-13-23(9-10-25-16)18(24)11-19-15-5-4-8-22(12-15)17-7-6-14(2)20-21-17/h6-7,15-16,19H,3-5,8-13H2,1-2H3. The van der Waals surface area contributed by atoms with Crippen molar-refractivity contribution in [2.24, 2.45) is 0 Å². The van der Waals surface area contributed by atoms with Gasteiger partial charge in [0.05, 0.1) is 24.9 Å². The van der Waals surface area contributed by atoms with Gasteiger partial charge in [-0.15, -0.1) is 5.10 Å². The summed E-state index contributed by atoms with van der Waals surface area (Å²) in [4.78, 5) is 16.6. The first-order valence-corrected chi connectivity index (χ1v) is 9.33. The number of rotatable bonds is 5. The van der Waals surface area contributed by atoms with E-state index in [4.69, 9.17) is 4.74 Å². The molecule has 2 atom stereocenters. The third kappa shape index (κ3) is 4.89. The summed E-state index contributed by atoms with van der Waals surface area (Å²) in [6.07, 6.45) is 3.32. The molecule has 1 aromatic heterocycles. The molecule has 3 heterocycles. The molecule has 0 radical (unpaired) electrons. The number of ether oxygens (including phenoxy) is 1. The smallest absolute Gasteiger partial charge is 0.236 e. The second kappa shape index (κ2) is 8.58. The third-order valence-electron chi connectivity index (χ3n) is 5.02. The third-order valence-corrected chi connectivity index (χ3v) is 5.02. The maximum atomic E-state index is 12.5. The number of hydrogen-bond donors (Lipinski definition) is 1. The summed E-state index contributed by atoms with van der Waals surface area (Å²) in [5.74, 6) is 1.09. The molecule has 25 heavy (non-hydrogen) atoms. The number of morpholine rings is 1. The van der Waals surface area contributed by atoms with Gasteiger partial charge in [-0.2, -0.15) is 5.10 Å². The Kier molecular flexibility index (Phi) is 6.20. The van der Waals surface area contributed by atoms with Crippen LogP contribution in [0.2, 0.25) is 0 Å². The van der Waals surface area contributed by atoms with E-state index < -0.39 is 0 Å². The van der Waals surface area contributed by atoms with Crippen LogP contribution in [0, 0.1) is 6.92 Å². The lowest BCUT2D eigenvalue weighted by Gasteiger charge is -2.35. The molecular weight excluding hydrogens is 318 g/mol. The van der Waals surface area contributed by atoms with Gasteiger partial charge in [-0.05, 0) is 38.3 Å². The zero-order chi connectivity index (χ0) is 17.6. The molecule has 1 N–H and O–H groups in total. The van der Waals surface area contributed by atoms with Crippen molar-refractivity contribution < 1.29 is 9.53 Å². The zero-order valence-electron chi connectivity index (χ0n) is 15.3. The molecule has 2 unspecified atom stereocenters. The topological polar surface area (TPSA) is 70.6 Å². The summed E-state index contributed by atoms with van der Waals surface area (Å²) >= 11 is 0. The Bertz CT molecular complexity index is 565. The minimum absolute atomic E-state index is 0.175. The van der Waals surface area contributed by atoms with E-state index in [1.165, 1.54) is 0 Å². The molecule has 1 amide bonds. The Balaban J connectivity index is 1.47. The van der Waals surface area contributed by atoms with Gasteiger partial charge >= 0.3 is 0 Å². The quantitative estimate of drug-likeness (QED) is 0.856. The Labute approximate surface area is 149 Å². The highest BCUT2D eigenvalue weighted by atomic mass is 16.5. The fraction of sp³-hybridized carbons (Fsp3) is 0.722. The molecule has 7 nitrogen and oxygen atoms in total. The van der Waals surface area contributed by atoms with Crippen LogP contribution in [0.25, 0.3) is 0 Å². The largest absolute Gasteiger partial charge is 0.375 e. The van der Waals surface area contributed by atoms with E-state index in [0.717, 1.165) is 43.9 Å². The lowest BCUT2D eigenvalue weighted by Crippen LogP contribution is -2.52. The summed E-state index contributed by atoms with van der Waals surface area (Å²) in [6.45, 7) is 8.36. The van der Waals surface area contributed by atoms with Crippen LogP contribution >= 0.6 is 0 Å². The van der Waals surface area contributed by atoms with Gasteiger partial charge in [-0.3, -0.25) is 4.79 Å². The van der Waals surface area contributed by atoms with Crippen LogP contribution in [0.1, 0.15) is 31.9 Å². The van der Waals surface area contributed by atoms with E-state index in [2.05, 4.69) is 27.3 Å². The summed E-state index contributed by atoms with van der Waals surface area (Å²) in [5, 5.41) is 11.9. The van der Waals surface area contributed by atoms with Crippen molar-refractivity contribution in [1.29, 1.82) is 0 Å². The van der Waals surface area contributed by atoms with Crippen LogP contribution in [0.15, 0.2) is 12.1 Å². The highest BCUT2D eigenvalue weighted by molar-refractivity contribution is 5.78. The summed E-state index contributed by atoms with van der Waals surface area (Å²) in [6, 6.07) is 4.32. The average molecular weight is 347 g/mol. The summed E-state index contributed by atoms with van der Waals surface area (Å²) in [7, 11) is 0. The molecule has 0 saturated carbocycles. The molecule has 2 aliphatic rings. The molecule has 0 bridgehead atoms. The van der Waals surface area contributed by atoms with E-state index in [0.29, 0.717) is 32.3 Å². The highest BCUT2D eigenvalue weighted by Gasteiger charge is 2.25. The fourth-order valence-electron chi connectivity index (χ4n) is 3.45. The number of hydrogen-bond acceptors (Lipinski definition) is 6. The van der Waals surface area contributed by atoms with Gasteiger partial charge in [0.1, 0.15) is 0 Å². The predicted molar refractivity (Wildman–Crippen MR) is 96.6 cm³/mol. The molecule has 3 rings (SSSR count). The molecule has 2 fully saturated rings. The Morgan fingerprint density at radius 1 is 1.32 bits per heavy atom. The minimum atomic E-state index is 0.175. The second-order valence-corrected chi connectivity index (χ2v) is 6.94. The van der Waals surface area contributed by atoms with Crippen LogP contribution in [-0.2, 0) is 9.53 Å². The Morgan fingerprint density at radius 3 is 2.96 bits per heavy atom. The molecule has 0 spiro atoms. The lowest BCUT2D eigenvalue weighted by molar-refractivity contribution is -0.138. The first-order valence-electron chi connectivity index (χ1n) is 9.33. The molecule has 2 aliphatic heterocycles. The van der Waals surface area contributed by atoms with Crippen LogP contribution < -0.4 is 10.2 Å². The highest BCUT2D eigenvalue weighted by Crippen LogP contribution is 2.17. The number of anilines is 1. The van der Waals surface area contributed by atoms with Crippen molar-refractivity contribution in [2.45, 2.75) is 45.3 Å². The number of nitrogens with zero attached hydrogens (tertiary/aromatic N) is 4. The van der Waals surface area contributed by atoms with E-state index in [1.54, 1.807) is 0 Å². The van der Waals surface area contributed by atoms with Crippen molar-refractivity contribution >= 4 is 11.7 Å². The van der Waals surface area contributed by atoms with Gasteiger partial charge in [-0.25, -0.2) is 0 Å². The molecule has 138 valence electrons. The first kappa shape index (κ1) is 18.1. The number of aromatic nitrogens is 2. The van der Waals surface area contributed by atoms with Gasteiger partial charge in [0.15, 0.2) is 5.82 Å². The van der Waals surface area contributed by atoms with Gasteiger partial charge in [0.2, 0.25) is 5.91 Å². The summed E-state index contributed by atoms with van der Waals surface area (Å²) < 4.78 is 5.64. The van der Waals surface area contributed by atoms with Crippen LogP contribution in [0.4, 0.5) is 5.82 Å². The van der Waals surface area contributed by atoms with Gasteiger partial charge in [0.25, 0.3) is 0 Å². The maximum Gasteiger partial charge on any atom is 0.236 e. The van der Waals surface area contributed by atoms with Gasteiger partial charge in [0, 0.05) is 32.2 Å². The van der Waals surface area contributed by atoms with Crippen LogP contribution in [0.3, 0.4) is 0 Å². The van der Waals surface area contributed by atoms with E-state index in [9.17, 15) is 4.79 Å². The number of carbonyl (C=O) groups is 1. The lowest BCUT2D eigenvalue weighted by atomic mass is 10.1. The van der Waals surface area contributed by atoms with Gasteiger partial charge < -0.3 is 19.9 Å². The SMILES string of the molecule is CCC1CN(C(=O)CNC2CCCN(c3ccc(C)nn3)C2)CCO1. The van der Waals surface area contributed by atoms with Crippen molar-refractivity contribution in [3.8, 4) is 0 Å². The number of nitrogens with one attached hydrogen (secondary N) is 1. The number of aryl methyl sites for hydroxylation is 1.